The van der Waals surface area contributed by atoms with Crippen LogP contribution in [0.15, 0.2) is 24.3 Å². The van der Waals surface area contributed by atoms with Crippen molar-refractivity contribution in [1.82, 2.24) is 16.0 Å². The lowest BCUT2D eigenvalue weighted by molar-refractivity contribution is -0.129. The van der Waals surface area contributed by atoms with Gasteiger partial charge in [-0.3, -0.25) is 9.59 Å². The summed E-state index contributed by atoms with van der Waals surface area (Å²) in [5, 5.41) is 8.44. The molecule has 1 heterocycles. The maximum absolute atomic E-state index is 12.2. The number of carbonyl (C=O) groups excluding carboxylic acids is 2. The lowest BCUT2D eigenvalue weighted by atomic mass is 9.94. The van der Waals surface area contributed by atoms with E-state index in [0.29, 0.717) is 0 Å². The highest BCUT2D eigenvalue weighted by Crippen LogP contribution is 2.22. The zero-order chi connectivity index (χ0) is 13.8. The summed E-state index contributed by atoms with van der Waals surface area (Å²) in [5.74, 6) is -0.360. The molecule has 5 nitrogen and oxygen atoms in total. The number of hydrogen-bond acceptors (Lipinski definition) is 3. The normalized spacial score (nSPS) is 19.2. The molecule has 1 aliphatic heterocycles. The number of likely N-dealkylation sites (N-methyl/N-ethyl adjacent to an activating group) is 1. The first-order valence-corrected chi connectivity index (χ1v) is 6.46. The van der Waals surface area contributed by atoms with Gasteiger partial charge >= 0.3 is 0 Å². The SMILES string of the molecule is CNC(=O)C(C)NC(=O)C1NCCc2ccccc21. The Hall–Kier alpha value is -1.88. The standard InChI is InChI=1S/C14H19N3O2/c1-9(13(18)15-2)17-14(19)12-11-6-4-3-5-10(11)7-8-16-12/h3-6,9,12,16H,7-8H2,1-2H3,(H,15,18)(H,17,19). The zero-order valence-corrected chi connectivity index (χ0v) is 11.2. The molecule has 0 bridgehead atoms. The third kappa shape index (κ3) is 2.93. The van der Waals surface area contributed by atoms with Crippen molar-refractivity contribution in [1.29, 1.82) is 0 Å². The molecule has 1 aromatic carbocycles. The van der Waals surface area contributed by atoms with E-state index in [1.54, 1.807) is 14.0 Å². The molecule has 3 N–H and O–H groups in total. The topological polar surface area (TPSA) is 70.2 Å². The van der Waals surface area contributed by atoms with Gasteiger partial charge in [0.25, 0.3) is 0 Å². The lowest BCUT2D eigenvalue weighted by Crippen LogP contribution is -2.49. The Balaban J connectivity index is 2.11. The van der Waals surface area contributed by atoms with Crippen LogP contribution in [0.1, 0.15) is 24.1 Å². The number of nitrogens with one attached hydrogen (secondary N) is 3. The molecule has 0 aromatic heterocycles. The minimum absolute atomic E-state index is 0.164. The predicted octanol–water partition coefficient (Wildman–Crippen LogP) is 0.124. The fourth-order valence-corrected chi connectivity index (χ4v) is 2.32. The van der Waals surface area contributed by atoms with Crippen molar-refractivity contribution >= 4 is 11.8 Å². The summed E-state index contributed by atoms with van der Waals surface area (Å²) in [5.41, 5.74) is 2.18. The van der Waals surface area contributed by atoms with Crippen molar-refractivity contribution in [3.63, 3.8) is 0 Å². The Labute approximate surface area is 112 Å². The monoisotopic (exact) mass is 261 g/mol. The van der Waals surface area contributed by atoms with Gasteiger partial charge in [0.2, 0.25) is 11.8 Å². The average Bonchev–Trinajstić information content (AvgIpc) is 2.45. The first-order valence-electron chi connectivity index (χ1n) is 6.46. The van der Waals surface area contributed by atoms with Crippen molar-refractivity contribution in [3.05, 3.63) is 35.4 Å². The molecular weight excluding hydrogens is 242 g/mol. The van der Waals surface area contributed by atoms with E-state index in [0.717, 1.165) is 18.5 Å². The largest absolute Gasteiger partial charge is 0.357 e. The van der Waals surface area contributed by atoms with Gasteiger partial charge in [0, 0.05) is 13.6 Å². The van der Waals surface area contributed by atoms with E-state index >= 15 is 0 Å². The van der Waals surface area contributed by atoms with Crippen LogP contribution in [0.25, 0.3) is 0 Å². The lowest BCUT2D eigenvalue weighted by Gasteiger charge is -2.27. The molecule has 2 atom stereocenters. The van der Waals surface area contributed by atoms with Crippen LogP contribution in [0, 0.1) is 0 Å². The molecule has 0 saturated carbocycles. The van der Waals surface area contributed by atoms with Gasteiger partial charge in [-0.25, -0.2) is 0 Å². The first kappa shape index (κ1) is 13.5. The van der Waals surface area contributed by atoms with Gasteiger partial charge in [0.1, 0.15) is 12.1 Å². The Morgan fingerprint density at radius 2 is 2.11 bits per heavy atom. The molecule has 19 heavy (non-hydrogen) atoms. The smallest absolute Gasteiger partial charge is 0.242 e. The van der Waals surface area contributed by atoms with E-state index in [2.05, 4.69) is 16.0 Å². The number of benzene rings is 1. The quantitative estimate of drug-likeness (QED) is 0.724. The number of hydrogen-bond donors (Lipinski definition) is 3. The Morgan fingerprint density at radius 3 is 2.84 bits per heavy atom. The van der Waals surface area contributed by atoms with Crippen LogP contribution in [0.3, 0.4) is 0 Å². The van der Waals surface area contributed by atoms with Gasteiger partial charge in [-0.1, -0.05) is 24.3 Å². The van der Waals surface area contributed by atoms with Gasteiger partial charge in [-0.2, -0.15) is 0 Å². The fourth-order valence-electron chi connectivity index (χ4n) is 2.32. The van der Waals surface area contributed by atoms with Gasteiger partial charge in [-0.15, -0.1) is 0 Å². The van der Waals surface area contributed by atoms with E-state index in [1.807, 2.05) is 24.3 Å². The number of fused-ring (bicyclic) bond motifs is 1. The minimum Gasteiger partial charge on any atom is -0.357 e. The highest BCUT2D eigenvalue weighted by atomic mass is 16.2. The van der Waals surface area contributed by atoms with Crippen molar-refractivity contribution in [2.75, 3.05) is 13.6 Å². The second-order valence-electron chi connectivity index (χ2n) is 4.68. The highest BCUT2D eigenvalue weighted by Gasteiger charge is 2.27. The number of amides is 2. The van der Waals surface area contributed by atoms with Crippen molar-refractivity contribution < 1.29 is 9.59 Å². The summed E-state index contributed by atoms with van der Waals surface area (Å²) in [6.45, 7) is 2.44. The van der Waals surface area contributed by atoms with Crippen LogP contribution in [0.4, 0.5) is 0 Å². The van der Waals surface area contributed by atoms with Crippen molar-refractivity contribution in [3.8, 4) is 0 Å². The molecule has 0 spiro atoms. The summed E-state index contributed by atoms with van der Waals surface area (Å²) < 4.78 is 0. The Bertz CT molecular complexity index is 487. The minimum atomic E-state index is -0.534. The van der Waals surface area contributed by atoms with Gasteiger partial charge < -0.3 is 16.0 Å². The van der Waals surface area contributed by atoms with Crippen LogP contribution in [-0.4, -0.2) is 31.4 Å². The summed E-state index contributed by atoms with van der Waals surface area (Å²) in [4.78, 5) is 23.7. The average molecular weight is 261 g/mol. The van der Waals surface area contributed by atoms with Crippen LogP contribution < -0.4 is 16.0 Å². The molecule has 1 aliphatic rings. The molecule has 0 aliphatic carbocycles. The predicted molar refractivity (Wildman–Crippen MR) is 72.6 cm³/mol. The van der Waals surface area contributed by atoms with Crippen LogP contribution >= 0.6 is 0 Å². The zero-order valence-electron chi connectivity index (χ0n) is 11.2. The summed E-state index contributed by atoms with van der Waals surface area (Å²) in [7, 11) is 1.55. The van der Waals surface area contributed by atoms with E-state index in [4.69, 9.17) is 0 Å². The van der Waals surface area contributed by atoms with E-state index in [1.165, 1.54) is 5.56 Å². The van der Waals surface area contributed by atoms with Crippen LogP contribution in [-0.2, 0) is 16.0 Å². The molecule has 102 valence electrons. The van der Waals surface area contributed by atoms with Crippen molar-refractivity contribution in [2.24, 2.45) is 0 Å². The van der Waals surface area contributed by atoms with Gasteiger partial charge in [0.05, 0.1) is 0 Å². The second-order valence-corrected chi connectivity index (χ2v) is 4.68. The molecule has 0 saturated heterocycles. The number of rotatable bonds is 3. The third-order valence-corrected chi connectivity index (χ3v) is 3.37. The van der Waals surface area contributed by atoms with Crippen LogP contribution in [0.2, 0.25) is 0 Å². The maximum atomic E-state index is 12.2. The van der Waals surface area contributed by atoms with Gasteiger partial charge in [0.15, 0.2) is 0 Å². The molecule has 0 fully saturated rings. The molecule has 2 rings (SSSR count). The summed E-state index contributed by atoms with van der Waals surface area (Å²) in [6.07, 6.45) is 0.922. The van der Waals surface area contributed by atoms with Crippen LogP contribution in [0.5, 0.6) is 0 Å². The summed E-state index contributed by atoms with van der Waals surface area (Å²) in [6, 6.07) is 6.99. The molecule has 5 heteroatoms. The summed E-state index contributed by atoms with van der Waals surface area (Å²) >= 11 is 0. The fraction of sp³-hybridized carbons (Fsp3) is 0.429. The van der Waals surface area contributed by atoms with Gasteiger partial charge in [-0.05, 0) is 24.5 Å². The van der Waals surface area contributed by atoms with E-state index in [9.17, 15) is 9.59 Å². The molecule has 0 radical (unpaired) electrons. The molecule has 2 unspecified atom stereocenters. The number of carbonyl (C=O) groups is 2. The molecule has 1 aromatic rings. The Kier molecular flexibility index (Phi) is 4.16. The highest BCUT2D eigenvalue weighted by molar-refractivity contribution is 5.90. The van der Waals surface area contributed by atoms with E-state index in [-0.39, 0.29) is 17.9 Å². The first-order chi connectivity index (χ1) is 9.13. The third-order valence-electron chi connectivity index (χ3n) is 3.37. The molecule has 2 amide bonds. The maximum Gasteiger partial charge on any atom is 0.242 e. The second kappa shape index (κ2) is 5.84. The van der Waals surface area contributed by atoms with Crippen molar-refractivity contribution in [2.45, 2.75) is 25.4 Å². The Morgan fingerprint density at radius 1 is 1.37 bits per heavy atom. The van der Waals surface area contributed by atoms with E-state index < -0.39 is 6.04 Å². The molecular formula is C14H19N3O2.